The molecule has 0 fully saturated rings. The van der Waals surface area contributed by atoms with Gasteiger partial charge in [-0.25, -0.2) is 14.5 Å². The number of oxazole rings is 1. The van der Waals surface area contributed by atoms with Crippen molar-refractivity contribution in [3.05, 3.63) is 82.5 Å². The van der Waals surface area contributed by atoms with Gasteiger partial charge >= 0.3 is 5.97 Å². The van der Waals surface area contributed by atoms with Crippen molar-refractivity contribution in [3.63, 3.8) is 0 Å². The molecule has 152 valence electrons. The minimum atomic E-state index is -0.551. The van der Waals surface area contributed by atoms with E-state index in [9.17, 15) is 4.79 Å². The maximum absolute atomic E-state index is 12.6. The number of hydrogen-bond acceptors (Lipinski definition) is 6. The molecule has 0 unspecified atom stereocenters. The van der Waals surface area contributed by atoms with Crippen LogP contribution >= 0.6 is 0 Å². The fraction of sp³-hybridized carbons (Fsp3) is 0.217. The Morgan fingerprint density at radius 3 is 2.27 bits per heavy atom. The number of hydrogen-bond donors (Lipinski definition) is 0. The third kappa shape index (κ3) is 3.87. The fourth-order valence-electron chi connectivity index (χ4n) is 3.03. The zero-order chi connectivity index (χ0) is 21.3. The lowest BCUT2D eigenvalue weighted by Gasteiger charge is -2.04. The first-order valence-electron chi connectivity index (χ1n) is 9.62. The third-order valence-corrected chi connectivity index (χ3v) is 4.90. The summed E-state index contributed by atoms with van der Waals surface area (Å²) in [6.07, 6.45) is 0. The van der Waals surface area contributed by atoms with Crippen molar-refractivity contribution >= 4 is 5.97 Å². The lowest BCUT2D eigenvalue weighted by atomic mass is 10.1. The van der Waals surface area contributed by atoms with Crippen molar-refractivity contribution in [3.8, 4) is 17.1 Å². The molecule has 0 bridgehead atoms. The Labute approximate surface area is 174 Å². The van der Waals surface area contributed by atoms with Gasteiger partial charge in [-0.1, -0.05) is 40.6 Å². The van der Waals surface area contributed by atoms with Crippen LogP contribution in [-0.2, 0) is 11.3 Å². The first-order chi connectivity index (χ1) is 14.4. The molecule has 0 spiro atoms. The van der Waals surface area contributed by atoms with E-state index in [4.69, 9.17) is 9.15 Å². The van der Waals surface area contributed by atoms with E-state index in [2.05, 4.69) is 15.3 Å². The SMILES string of the molecule is Cc1ccc(-c2nc(COC(=O)c3nnn(-c4ccc(C)cc4)c3C)c(C)o2)cc1. The number of carbonyl (C=O) groups excluding carboxylic acids is 1. The summed E-state index contributed by atoms with van der Waals surface area (Å²) >= 11 is 0. The Balaban J connectivity index is 1.48. The van der Waals surface area contributed by atoms with E-state index in [1.165, 1.54) is 0 Å². The fourth-order valence-corrected chi connectivity index (χ4v) is 3.03. The Bertz CT molecular complexity index is 1190. The van der Waals surface area contributed by atoms with Gasteiger partial charge in [-0.2, -0.15) is 0 Å². The van der Waals surface area contributed by atoms with E-state index in [-0.39, 0.29) is 12.3 Å². The summed E-state index contributed by atoms with van der Waals surface area (Å²) in [4.78, 5) is 17.0. The molecule has 2 aromatic heterocycles. The van der Waals surface area contributed by atoms with Gasteiger partial charge in [-0.3, -0.25) is 0 Å². The lowest BCUT2D eigenvalue weighted by molar-refractivity contribution is 0.0459. The van der Waals surface area contributed by atoms with Crippen molar-refractivity contribution in [2.75, 3.05) is 0 Å². The van der Waals surface area contributed by atoms with Crippen LogP contribution < -0.4 is 0 Å². The second-order valence-electron chi connectivity index (χ2n) is 7.23. The average Bonchev–Trinajstić information content (AvgIpc) is 3.30. The normalized spacial score (nSPS) is 10.9. The molecular formula is C23H22N4O3. The first kappa shape index (κ1) is 19.6. The van der Waals surface area contributed by atoms with Gasteiger partial charge in [-0.15, -0.1) is 5.10 Å². The van der Waals surface area contributed by atoms with E-state index in [0.29, 0.717) is 23.0 Å². The number of nitrogens with zero attached hydrogens (tertiary/aromatic N) is 4. The summed E-state index contributed by atoms with van der Waals surface area (Å²) in [5, 5.41) is 8.10. The average molecular weight is 402 g/mol. The van der Waals surface area contributed by atoms with Crippen molar-refractivity contribution in [1.29, 1.82) is 0 Å². The molecule has 0 amide bonds. The quantitative estimate of drug-likeness (QED) is 0.457. The number of ether oxygens (including phenoxy) is 1. The molecule has 0 aliphatic heterocycles. The molecule has 0 aliphatic rings. The molecule has 2 aromatic carbocycles. The van der Waals surface area contributed by atoms with E-state index in [1.807, 2.05) is 62.4 Å². The van der Waals surface area contributed by atoms with Crippen LogP contribution in [0.1, 0.15) is 38.8 Å². The van der Waals surface area contributed by atoms with Crippen LogP contribution in [0.5, 0.6) is 0 Å². The molecule has 0 radical (unpaired) electrons. The molecule has 7 nitrogen and oxygen atoms in total. The molecule has 4 aromatic rings. The lowest BCUT2D eigenvalue weighted by Crippen LogP contribution is -2.09. The number of aryl methyl sites for hydroxylation is 3. The second-order valence-corrected chi connectivity index (χ2v) is 7.23. The zero-order valence-electron chi connectivity index (χ0n) is 17.3. The van der Waals surface area contributed by atoms with E-state index in [0.717, 1.165) is 22.4 Å². The molecule has 0 aliphatic carbocycles. The molecule has 0 N–H and O–H groups in total. The van der Waals surface area contributed by atoms with E-state index >= 15 is 0 Å². The predicted molar refractivity (Wildman–Crippen MR) is 111 cm³/mol. The Morgan fingerprint density at radius 2 is 1.60 bits per heavy atom. The monoisotopic (exact) mass is 402 g/mol. The van der Waals surface area contributed by atoms with Gasteiger partial charge in [0.2, 0.25) is 5.89 Å². The van der Waals surface area contributed by atoms with Crippen LogP contribution in [0.3, 0.4) is 0 Å². The Morgan fingerprint density at radius 1 is 0.967 bits per heavy atom. The molecule has 30 heavy (non-hydrogen) atoms. The molecule has 0 saturated carbocycles. The highest BCUT2D eigenvalue weighted by molar-refractivity contribution is 5.88. The minimum absolute atomic E-state index is 0.00312. The Kier molecular flexibility index (Phi) is 5.18. The van der Waals surface area contributed by atoms with Crippen molar-refractivity contribution < 1.29 is 13.9 Å². The molecule has 4 rings (SSSR count). The van der Waals surface area contributed by atoms with Crippen molar-refractivity contribution in [2.45, 2.75) is 34.3 Å². The number of carbonyl (C=O) groups is 1. The summed E-state index contributed by atoms with van der Waals surface area (Å²) in [5.74, 6) is 0.559. The number of rotatable bonds is 5. The van der Waals surface area contributed by atoms with Crippen LogP contribution in [0.25, 0.3) is 17.1 Å². The highest BCUT2D eigenvalue weighted by atomic mass is 16.5. The summed E-state index contributed by atoms with van der Waals surface area (Å²) in [7, 11) is 0. The second kappa shape index (κ2) is 7.94. The van der Waals surface area contributed by atoms with Crippen LogP contribution in [-0.4, -0.2) is 25.9 Å². The van der Waals surface area contributed by atoms with Gasteiger partial charge < -0.3 is 9.15 Å². The van der Waals surface area contributed by atoms with Crippen LogP contribution in [0.4, 0.5) is 0 Å². The third-order valence-electron chi connectivity index (χ3n) is 4.90. The maximum atomic E-state index is 12.6. The topological polar surface area (TPSA) is 83.0 Å². The zero-order valence-corrected chi connectivity index (χ0v) is 17.3. The van der Waals surface area contributed by atoms with Crippen LogP contribution in [0.15, 0.2) is 52.9 Å². The van der Waals surface area contributed by atoms with Gasteiger partial charge in [0.25, 0.3) is 0 Å². The largest absolute Gasteiger partial charge is 0.454 e. The standard InChI is InChI=1S/C23H22N4O3/c1-14-5-9-18(10-6-14)22-24-20(17(4)30-22)13-29-23(28)21-16(3)27(26-25-21)19-11-7-15(2)8-12-19/h5-12H,13H2,1-4H3. The van der Waals surface area contributed by atoms with Gasteiger partial charge in [0, 0.05) is 5.56 Å². The molecular weight excluding hydrogens is 380 g/mol. The van der Waals surface area contributed by atoms with Gasteiger partial charge in [-0.05, 0) is 52.0 Å². The van der Waals surface area contributed by atoms with Crippen molar-refractivity contribution in [2.24, 2.45) is 0 Å². The van der Waals surface area contributed by atoms with E-state index in [1.54, 1.807) is 18.5 Å². The Hall–Kier alpha value is -3.74. The molecule has 2 heterocycles. The number of aromatic nitrogens is 4. The first-order valence-corrected chi connectivity index (χ1v) is 9.62. The predicted octanol–water partition coefficient (Wildman–Crippen LogP) is 4.51. The highest BCUT2D eigenvalue weighted by Crippen LogP contribution is 2.23. The smallest absolute Gasteiger partial charge is 0.361 e. The summed E-state index contributed by atoms with van der Waals surface area (Å²) < 4.78 is 12.8. The van der Waals surface area contributed by atoms with Gasteiger partial charge in [0.15, 0.2) is 5.69 Å². The number of esters is 1. The van der Waals surface area contributed by atoms with Crippen molar-refractivity contribution in [1.82, 2.24) is 20.0 Å². The maximum Gasteiger partial charge on any atom is 0.361 e. The van der Waals surface area contributed by atoms with Gasteiger partial charge in [0.05, 0.1) is 11.4 Å². The molecule has 7 heteroatoms. The summed E-state index contributed by atoms with van der Waals surface area (Å²) in [5.41, 5.74) is 5.37. The highest BCUT2D eigenvalue weighted by Gasteiger charge is 2.20. The van der Waals surface area contributed by atoms with Crippen LogP contribution in [0.2, 0.25) is 0 Å². The van der Waals surface area contributed by atoms with E-state index < -0.39 is 5.97 Å². The molecule has 0 atom stereocenters. The molecule has 0 saturated heterocycles. The minimum Gasteiger partial charge on any atom is -0.454 e. The van der Waals surface area contributed by atoms with Crippen LogP contribution in [0, 0.1) is 27.7 Å². The van der Waals surface area contributed by atoms with Gasteiger partial charge in [0.1, 0.15) is 18.1 Å². The summed E-state index contributed by atoms with van der Waals surface area (Å²) in [6, 6.07) is 15.7. The number of benzene rings is 2. The summed E-state index contributed by atoms with van der Waals surface area (Å²) in [6.45, 7) is 7.61.